The summed E-state index contributed by atoms with van der Waals surface area (Å²) in [6, 6.07) is 6.43. The van der Waals surface area contributed by atoms with E-state index in [9.17, 15) is 33.2 Å². The zero-order chi connectivity index (χ0) is 20.9. The summed E-state index contributed by atoms with van der Waals surface area (Å²) >= 11 is 5.72. The topological polar surface area (TPSA) is 117 Å². The lowest BCUT2D eigenvalue weighted by Gasteiger charge is -2.10. The number of hydrazone groups is 1. The standard InChI is InChI=1S/C16H12ClF3N4O4/c17-11-4-9(15(26)13(6-11)24(27)28)7-22-23-14(25)8-21-12-3-1-2-10(5-12)16(18,19)20/h1-7,21,26H,8H2,(H,23,25)/b22-7-. The summed E-state index contributed by atoms with van der Waals surface area (Å²) in [6.07, 6.45) is -3.57. The van der Waals surface area contributed by atoms with Crippen LogP contribution in [-0.2, 0) is 11.0 Å². The first kappa shape index (κ1) is 21.0. The van der Waals surface area contributed by atoms with Crippen molar-refractivity contribution in [2.45, 2.75) is 6.18 Å². The van der Waals surface area contributed by atoms with Gasteiger partial charge in [-0.3, -0.25) is 14.9 Å². The molecule has 8 nitrogen and oxygen atoms in total. The lowest BCUT2D eigenvalue weighted by Crippen LogP contribution is -2.26. The van der Waals surface area contributed by atoms with Gasteiger partial charge in [0.2, 0.25) is 5.75 Å². The molecule has 0 saturated heterocycles. The Morgan fingerprint density at radius 1 is 1.32 bits per heavy atom. The lowest BCUT2D eigenvalue weighted by molar-refractivity contribution is -0.385. The fourth-order valence-electron chi connectivity index (χ4n) is 2.04. The van der Waals surface area contributed by atoms with Crippen LogP contribution in [0.25, 0.3) is 0 Å². The van der Waals surface area contributed by atoms with Crippen LogP contribution < -0.4 is 10.7 Å². The Morgan fingerprint density at radius 2 is 2.04 bits per heavy atom. The molecule has 2 aromatic carbocycles. The van der Waals surface area contributed by atoms with E-state index in [0.29, 0.717) is 0 Å². The van der Waals surface area contributed by atoms with Crippen LogP contribution in [0.1, 0.15) is 11.1 Å². The highest BCUT2D eigenvalue weighted by Crippen LogP contribution is 2.32. The molecule has 0 fully saturated rings. The molecule has 12 heteroatoms. The van der Waals surface area contributed by atoms with Crippen molar-refractivity contribution in [1.29, 1.82) is 0 Å². The van der Waals surface area contributed by atoms with Crippen LogP contribution in [-0.4, -0.2) is 28.7 Å². The molecule has 3 N–H and O–H groups in total. The number of nitro benzene ring substituents is 1. The Hall–Kier alpha value is -3.34. The number of carbonyl (C=O) groups excluding carboxylic acids is 1. The number of nitrogens with one attached hydrogen (secondary N) is 2. The molecule has 0 aliphatic carbocycles. The number of benzene rings is 2. The van der Waals surface area contributed by atoms with Crippen molar-refractivity contribution in [3.8, 4) is 5.75 Å². The van der Waals surface area contributed by atoms with Gasteiger partial charge in [0.1, 0.15) is 0 Å². The van der Waals surface area contributed by atoms with E-state index < -0.39 is 34.0 Å². The largest absolute Gasteiger partial charge is 0.502 e. The van der Waals surface area contributed by atoms with Crippen LogP contribution in [0.15, 0.2) is 41.5 Å². The Labute approximate surface area is 160 Å². The maximum absolute atomic E-state index is 12.6. The first-order valence-electron chi connectivity index (χ1n) is 7.48. The van der Waals surface area contributed by atoms with Crippen molar-refractivity contribution >= 4 is 35.1 Å². The van der Waals surface area contributed by atoms with Gasteiger partial charge in [-0.25, -0.2) is 5.43 Å². The van der Waals surface area contributed by atoms with Gasteiger partial charge in [0.05, 0.1) is 23.2 Å². The quantitative estimate of drug-likeness (QED) is 0.378. The van der Waals surface area contributed by atoms with Gasteiger partial charge in [-0.2, -0.15) is 18.3 Å². The summed E-state index contributed by atoms with van der Waals surface area (Å²) in [4.78, 5) is 21.7. The highest BCUT2D eigenvalue weighted by molar-refractivity contribution is 6.31. The zero-order valence-corrected chi connectivity index (χ0v) is 14.6. The van der Waals surface area contributed by atoms with E-state index >= 15 is 0 Å². The van der Waals surface area contributed by atoms with Gasteiger partial charge in [-0.1, -0.05) is 17.7 Å². The smallest absolute Gasteiger partial charge is 0.416 e. The molecule has 28 heavy (non-hydrogen) atoms. The molecule has 0 spiro atoms. The fourth-order valence-corrected chi connectivity index (χ4v) is 2.27. The second-order valence-electron chi connectivity index (χ2n) is 5.35. The van der Waals surface area contributed by atoms with Crippen molar-refractivity contribution in [2.24, 2.45) is 5.10 Å². The van der Waals surface area contributed by atoms with Crippen LogP contribution in [0.4, 0.5) is 24.5 Å². The Morgan fingerprint density at radius 3 is 2.68 bits per heavy atom. The van der Waals surface area contributed by atoms with Gasteiger partial charge in [0.25, 0.3) is 5.91 Å². The number of nitrogens with zero attached hydrogens (tertiary/aromatic N) is 2. The van der Waals surface area contributed by atoms with E-state index in [-0.39, 0.29) is 22.8 Å². The van der Waals surface area contributed by atoms with Crippen LogP contribution in [0.2, 0.25) is 5.02 Å². The molecule has 0 bridgehead atoms. The highest BCUT2D eigenvalue weighted by atomic mass is 35.5. The maximum Gasteiger partial charge on any atom is 0.416 e. The van der Waals surface area contributed by atoms with Crippen LogP contribution in [0.3, 0.4) is 0 Å². The molecule has 0 unspecified atom stereocenters. The number of halogens is 4. The monoisotopic (exact) mass is 416 g/mol. The number of amides is 1. The Bertz CT molecular complexity index is 935. The SMILES string of the molecule is O=C(CNc1cccc(C(F)(F)F)c1)N/N=C\c1cc(Cl)cc([N+](=O)[O-])c1O. The first-order valence-corrected chi connectivity index (χ1v) is 7.85. The van der Waals surface area contributed by atoms with Crippen LogP contribution in [0, 0.1) is 10.1 Å². The molecule has 1 amide bonds. The number of alkyl halides is 3. The Kier molecular flexibility index (Phi) is 6.41. The van der Waals surface area contributed by atoms with Crippen molar-refractivity contribution in [2.75, 3.05) is 11.9 Å². The average molecular weight is 417 g/mol. The zero-order valence-electron chi connectivity index (χ0n) is 13.8. The van der Waals surface area contributed by atoms with Crippen molar-refractivity contribution in [3.63, 3.8) is 0 Å². The summed E-state index contributed by atoms with van der Waals surface area (Å²) in [7, 11) is 0. The van der Waals surface area contributed by atoms with E-state index in [1.165, 1.54) is 18.2 Å². The van der Waals surface area contributed by atoms with Gasteiger partial charge < -0.3 is 10.4 Å². The molecule has 0 aromatic heterocycles. The maximum atomic E-state index is 12.6. The number of aromatic hydroxyl groups is 1. The summed E-state index contributed by atoms with van der Waals surface area (Å²) < 4.78 is 37.9. The highest BCUT2D eigenvalue weighted by Gasteiger charge is 2.30. The number of hydrogen-bond acceptors (Lipinski definition) is 6. The van der Waals surface area contributed by atoms with E-state index in [0.717, 1.165) is 24.4 Å². The van der Waals surface area contributed by atoms with Gasteiger partial charge in [0, 0.05) is 22.3 Å². The number of phenols is 1. The molecular weight excluding hydrogens is 405 g/mol. The molecule has 2 rings (SSSR count). The summed E-state index contributed by atoms with van der Waals surface area (Å²) in [5, 5.41) is 26.6. The number of rotatable bonds is 6. The number of phenolic OH excluding ortho intramolecular Hbond substituents is 1. The molecule has 148 valence electrons. The third-order valence-electron chi connectivity index (χ3n) is 3.32. The number of nitro groups is 1. The summed E-state index contributed by atoms with van der Waals surface area (Å²) in [6.45, 7) is -0.389. The molecule has 2 aromatic rings. The second kappa shape index (κ2) is 8.57. The van der Waals surface area contributed by atoms with E-state index in [4.69, 9.17) is 11.6 Å². The molecule has 0 saturated carbocycles. The van der Waals surface area contributed by atoms with Crippen molar-refractivity contribution in [3.05, 3.63) is 62.7 Å². The van der Waals surface area contributed by atoms with Gasteiger partial charge in [-0.05, 0) is 24.3 Å². The van der Waals surface area contributed by atoms with Gasteiger partial charge in [0.15, 0.2) is 0 Å². The number of hydrogen-bond donors (Lipinski definition) is 3. The normalized spacial score (nSPS) is 11.4. The third-order valence-corrected chi connectivity index (χ3v) is 3.53. The average Bonchev–Trinajstić information content (AvgIpc) is 2.62. The van der Waals surface area contributed by atoms with Crippen LogP contribution in [0.5, 0.6) is 5.75 Å². The molecular formula is C16H12ClF3N4O4. The summed E-state index contributed by atoms with van der Waals surface area (Å²) in [5.74, 6) is -1.39. The van der Waals surface area contributed by atoms with E-state index in [1.54, 1.807) is 0 Å². The second-order valence-corrected chi connectivity index (χ2v) is 5.78. The molecule has 0 heterocycles. The molecule has 0 atom stereocenters. The van der Waals surface area contributed by atoms with Gasteiger partial charge >= 0.3 is 11.9 Å². The third kappa shape index (κ3) is 5.58. The Balaban J connectivity index is 1.97. The van der Waals surface area contributed by atoms with E-state index in [2.05, 4.69) is 15.8 Å². The number of carbonyl (C=O) groups is 1. The predicted molar refractivity (Wildman–Crippen MR) is 95.4 cm³/mol. The van der Waals surface area contributed by atoms with Crippen LogP contribution >= 0.6 is 11.6 Å². The summed E-state index contributed by atoms with van der Waals surface area (Å²) in [5.41, 5.74) is 0.538. The van der Waals surface area contributed by atoms with Crippen molar-refractivity contribution < 1.29 is 28.0 Å². The van der Waals surface area contributed by atoms with Gasteiger partial charge in [-0.15, -0.1) is 0 Å². The predicted octanol–water partition coefficient (Wildman–Crippen LogP) is 3.53. The minimum absolute atomic E-state index is 0.0245. The minimum atomic E-state index is -4.51. The first-order chi connectivity index (χ1) is 13.1. The molecule has 0 radical (unpaired) electrons. The molecule has 0 aliphatic rings. The number of anilines is 1. The van der Waals surface area contributed by atoms with E-state index in [1.807, 2.05) is 0 Å². The lowest BCUT2D eigenvalue weighted by atomic mass is 10.2. The minimum Gasteiger partial charge on any atom is -0.502 e. The fraction of sp³-hybridized carbons (Fsp3) is 0.125. The van der Waals surface area contributed by atoms with Crippen molar-refractivity contribution in [1.82, 2.24) is 5.43 Å². The molecule has 0 aliphatic heterocycles.